The van der Waals surface area contributed by atoms with Crippen LogP contribution in [0.25, 0.3) is 11.0 Å². The molecular formula is C11H7ClF3N3O3. The van der Waals surface area contributed by atoms with E-state index in [1.165, 1.54) is 0 Å². The van der Waals surface area contributed by atoms with Crippen molar-refractivity contribution in [2.75, 3.05) is 0 Å². The average molecular weight is 322 g/mol. The monoisotopic (exact) mass is 321 g/mol. The highest BCUT2D eigenvalue weighted by Gasteiger charge is 2.64. The summed E-state index contributed by atoms with van der Waals surface area (Å²) in [6.07, 6.45) is -4.91. The van der Waals surface area contributed by atoms with Crippen LogP contribution in [0.2, 0.25) is 5.15 Å². The van der Waals surface area contributed by atoms with Crippen molar-refractivity contribution in [2.45, 2.75) is 24.6 Å². The number of halogens is 4. The fraction of sp³-hybridized carbons (Fsp3) is 0.364. The molecule has 0 spiro atoms. The summed E-state index contributed by atoms with van der Waals surface area (Å²) in [7, 11) is 0. The predicted octanol–water partition coefficient (Wildman–Crippen LogP) is 1.99. The number of hydrogen-bond donors (Lipinski definition) is 2. The minimum Gasteiger partial charge on any atom is -0.447 e. The first-order valence-corrected chi connectivity index (χ1v) is 6.18. The number of fused-ring (bicyclic) bond motifs is 1. The summed E-state index contributed by atoms with van der Waals surface area (Å²) >= 11 is 5.68. The van der Waals surface area contributed by atoms with Gasteiger partial charge in [0.15, 0.2) is 16.5 Å². The van der Waals surface area contributed by atoms with Gasteiger partial charge in [-0.3, -0.25) is 9.59 Å². The van der Waals surface area contributed by atoms with Crippen molar-refractivity contribution >= 4 is 28.5 Å². The normalized spacial score (nSPS) is 17.0. The van der Waals surface area contributed by atoms with E-state index in [4.69, 9.17) is 16.0 Å². The Hall–Kier alpha value is -2.03. The number of carbonyl (C=O) groups is 1. The number of aromatic nitrogens is 2. The molecule has 2 N–H and O–H groups in total. The third-order valence-electron chi connectivity index (χ3n) is 3.29. The molecule has 1 amide bonds. The van der Waals surface area contributed by atoms with Crippen LogP contribution in [0.5, 0.6) is 0 Å². The number of alkyl halides is 3. The molecule has 0 radical (unpaired) electrons. The van der Waals surface area contributed by atoms with E-state index in [1.807, 2.05) is 5.32 Å². The molecule has 2 aromatic rings. The minimum atomic E-state index is -4.54. The fourth-order valence-corrected chi connectivity index (χ4v) is 2.10. The summed E-state index contributed by atoms with van der Waals surface area (Å²) in [6.45, 7) is 0. The molecule has 0 saturated heterocycles. The molecule has 1 aliphatic carbocycles. The van der Waals surface area contributed by atoms with Gasteiger partial charge < -0.3 is 9.73 Å². The van der Waals surface area contributed by atoms with Crippen LogP contribution in [-0.2, 0) is 0 Å². The van der Waals surface area contributed by atoms with Crippen molar-refractivity contribution < 1.29 is 22.4 Å². The molecule has 1 fully saturated rings. The van der Waals surface area contributed by atoms with E-state index in [0.717, 1.165) is 6.07 Å². The van der Waals surface area contributed by atoms with Crippen molar-refractivity contribution in [3.63, 3.8) is 0 Å². The first-order valence-electron chi connectivity index (χ1n) is 5.80. The minimum absolute atomic E-state index is 0.0583. The maximum absolute atomic E-state index is 12.8. The number of H-pyrrole nitrogens is 1. The number of amides is 1. The lowest BCUT2D eigenvalue weighted by Crippen LogP contribution is -2.47. The summed E-state index contributed by atoms with van der Waals surface area (Å²) in [5.41, 5.74) is -3.02. The highest BCUT2D eigenvalue weighted by Crippen LogP contribution is 2.49. The summed E-state index contributed by atoms with van der Waals surface area (Å²) in [5.74, 6) is -1.49. The predicted molar refractivity (Wildman–Crippen MR) is 65.1 cm³/mol. The average Bonchev–Trinajstić information content (AvgIpc) is 3.03. The van der Waals surface area contributed by atoms with Gasteiger partial charge in [-0.15, -0.1) is 0 Å². The van der Waals surface area contributed by atoms with E-state index in [9.17, 15) is 22.8 Å². The lowest BCUT2D eigenvalue weighted by atomic mass is 10.2. The lowest BCUT2D eigenvalue weighted by molar-refractivity contribution is -0.163. The molecular weight excluding hydrogens is 315 g/mol. The standard InChI is InChI=1S/C11H7ClF3N3O3/c12-7-6-4(8(19)18-17-7)3-5(21-6)9(20)16-10(1-2-10)11(13,14)15/h3H,1-2H2,(H,16,20)(H,18,19). The summed E-state index contributed by atoms with van der Waals surface area (Å²) in [6, 6.07) is 1.03. The molecule has 0 unspecified atom stereocenters. The third kappa shape index (κ3) is 2.17. The summed E-state index contributed by atoms with van der Waals surface area (Å²) < 4.78 is 43.4. The smallest absolute Gasteiger partial charge is 0.411 e. The van der Waals surface area contributed by atoms with Gasteiger partial charge in [-0.25, -0.2) is 5.10 Å². The maximum Gasteiger partial charge on any atom is 0.411 e. The maximum atomic E-state index is 12.8. The molecule has 0 atom stereocenters. The van der Waals surface area contributed by atoms with Crippen LogP contribution in [0.1, 0.15) is 23.4 Å². The van der Waals surface area contributed by atoms with E-state index in [2.05, 4.69) is 10.2 Å². The molecule has 10 heteroatoms. The largest absolute Gasteiger partial charge is 0.447 e. The fourth-order valence-electron chi connectivity index (χ4n) is 1.92. The van der Waals surface area contributed by atoms with Crippen molar-refractivity contribution in [3.05, 3.63) is 27.3 Å². The van der Waals surface area contributed by atoms with Crippen LogP contribution in [-0.4, -0.2) is 27.8 Å². The van der Waals surface area contributed by atoms with Crippen molar-refractivity contribution in [2.24, 2.45) is 0 Å². The Kier molecular flexibility index (Phi) is 2.81. The molecule has 6 nitrogen and oxygen atoms in total. The Morgan fingerprint density at radius 3 is 2.67 bits per heavy atom. The highest BCUT2D eigenvalue weighted by atomic mass is 35.5. The highest BCUT2D eigenvalue weighted by molar-refractivity contribution is 6.33. The third-order valence-corrected chi connectivity index (χ3v) is 3.55. The van der Waals surface area contributed by atoms with Crippen molar-refractivity contribution in [1.29, 1.82) is 0 Å². The second kappa shape index (κ2) is 4.23. The molecule has 0 bridgehead atoms. The van der Waals surface area contributed by atoms with Gasteiger partial charge in [-0.1, -0.05) is 11.6 Å². The molecule has 0 aromatic carbocycles. The first kappa shape index (κ1) is 13.9. The number of nitrogens with zero attached hydrogens (tertiary/aromatic N) is 1. The number of carbonyl (C=O) groups excluding carboxylic acids is 1. The zero-order valence-corrected chi connectivity index (χ0v) is 10.9. The van der Waals surface area contributed by atoms with Crippen LogP contribution in [0.3, 0.4) is 0 Å². The molecule has 112 valence electrons. The number of hydrogen-bond acceptors (Lipinski definition) is 4. The summed E-state index contributed by atoms with van der Waals surface area (Å²) in [4.78, 5) is 23.3. The van der Waals surface area contributed by atoms with Crippen LogP contribution < -0.4 is 10.9 Å². The van der Waals surface area contributed by atoms with Gasteiger partial charge >= 0.3 is 6.18 Å². The van der Waals surface area contributed by atoms with Crippen LogP contribution in [0, 0.1) is 0 Å². The van der Waals surface area contributed by atoms with E-state index in [0.29, 0.717) is 0 Å². The molecule has 0 aliphatic heterocycles. The molecule has 2 heterocycles. The second-order valence-electron chi connectivity index (χ2n) is 4.73. The molecule has 1 aliphatic rings. The topological polar surface area (TPSA) is 88.0 Å². The number of nitrogens with one attached hydrogen (secondary N) is 2. The number of rotatable bonds is 2. The van der Waals surface area contributed by atoms with Crippen LogP contribution in [0.4, 0.5) is 13.2 Å². The van der Waals surface area contributed by atoms with Gasteiger partial charge in [0, 0.05) is 6.07 Å². The Labute approximate surface area is 119 Å². The Morgan fingerprint density at radius 2 is 2.14 bits per heavy atom. The van der Waals surface area contributed by atoms with Crippen LogP contribution in [0.15, 0.2) is 15.3 Å². The van der Waals surface area contributed by atoms with Crippen molar-refractivity contribution in [3.8, 4) is 0 Å². The molecule has 3 rings (SSSR count). The Balaban J connectivity index is 1.95. The van der Waals surface area contributed by atoms with Gasteiger partial charge in [0.05, 0.1) is 5.39 Å². The first-order chi connectivity index (χ1) is 9.73. The van der Waals surface area contributed by atoms with Gasteiger partial charge in [-0.05, 0) is 12.8 Å². The van der Waals surface area contributed by atoms with E-state index in [1.54, 1.807) is 0 Å². The van der Waals surface area contributed by atoms with Gasteiger partial charge in [0.1, 0.15) is 5.54 Å². The van der Waals surface area contributed by atoms with Gasteiger partial charge in [0.25, 0.3) is 11.5 Å². The number of aromatic amines is 1. The zero-order valence-electron chi connectivity index (χ0n) is 10.2. The number of furan rings is 1. The van der Waals surface area contributed by atoms with E-state index in [-0.39, 0.29) is 29.0 Å². The van der Waals surface area contributed by atoms with E-state index < -0.39 is 28.9 Å². The quantitative estimate of drug-likeness (QED) is 0.885. The Morgan fingerprint density at radius 1 is 1.48 bits per heavy atom. The molecule has 1 saturated carbocycles. The molecule has 2 aromatic heterocycles. The summed E-state index contributed by atoms with van der Waals surface area (Å²) in [5, 5.41) is 7.14. The molecule has 21 heavy (non-hydrogen) atoms. The lowest BCUT2D eigenvalue weighted by Gasteiger charge is -2.19. The van der Waals surface area contributed by atoms with Crippen LogP contribution >= 0.6 is 11.6 Å². The Bertz CT molecular complexity index is 791. The SMILES string of the molecule is O=C(NC1(C(F)(F)F)CC1)c1cc2c(=O)[nH]nc(Cl)c2o1. The van der Waals surface area contributed by atoms with E-state index >= 15 is 0 Å². The van der Waals surface area contributed by atoms with Gasteiger partial charge in [-0.2, -0.15) is 18.3 Å². The van der Waals surface area contributed by atoms with Gasteiger partial charge in [0.2, 0.25) is 0 Å². The zero-order chi connectivity index (χ0) is 15.4. The van der Waals surface area contributed by atoms with Crippen molar-refractivity contribution in [1.82, 2.24) is 15.5 Å². The second-order valence-corrected chi connectivity index (χ2v) is 5.09.